The third-order valence-corrected chi connectivity index (χ3v) is 7.19. The van der Waals surface area contributed by atoms with Crippen molar-refractivity contribution in [2.45, 2.75) is 104 Å². The molecule has 1 aliphatic heterocycles. The largest absolute Gasteiger partial charge is 0.351 e. The van der Waals surface area contributed by atoms with Crippen molar-refractivity contribution < 1.29 is 9.59 Å². The van der Waals surface area contributed by atoms with Gasteiger partial charge in [0.1, 0.15) is 11.2 Å². The summed E-state index contributed by atoms with van der Waals surface area (Å²) in [6.07, 6.45) is 6.73. The maximum absolute atomic E-state index is 13.9. The Bertz CT molecular complexity index is 1060. The number of hydrogen-bond donors (Lipinski definition) is 1. The summed E-state index contributed by atoms with van der Waals surface area (Å²) in [6, 6.07) is 8.10. The first-order chi connectivity index (χ1) is 15.5. The van der Waals surface area contributed by atoms with Gasteiger partial charge in [-0.05, 0) is 51.3 Å². The van der Waals surface area contributed by atoms with E-state index in [9.17, 15) is 9.59 Å². The molecule has 0 radical (unpaired) electrons. The van der Waals surface area contributed by atoms with E-state index in [1.165, 1.54) is 12.8 Å². The summed E-state index contributed by atoms with van der Waals surface area (Å²) in [4.78, 5) is 29.5. The second-order valence-electron chi connectivity index (χ2n) is 11.2. The van der Waals surface area contributed by atoms with Gasteiger partial charge in [0, 0.05) is 17.1 Å². The number of anilines is 1. The highest BCUT2D eigenvalue weighted by atomic mass is 16.2. The van der Waals surface area contributed by atoms with Crippen LogP contribution in [-0.4, -0.2) is 33.2 Å². The van der Waals surface area contributed by atoms with Gasteiger partial charge in [0.25, 0.3) is 5.91 Å². The summed E-state index contributed by atoms with van der Waals surface area (Å²) < 4.78 is 1.75. The van der Waals surface area contributed by atoms with Crippen LogP contribution < -0.4 is 10.2 Å². The number of carbonyl (C=O) groups excluding carboxylic acids is 2. The minimum atomic E-state index is -1.07. The number of amides is 2. The highest BCUT2D eigenvalue weighted by Crippen LogP contribution is 2.36. The van der Waals surface area contributed by atoms with Crippen molar-refractivity contribution in [2.24, 2.45) is 0 Å². The minimum absolute atomic E-state index is 0.0961. The predicted molar refractivity (Wildman–Crippen MR) is 132 cm³/mol. The minimum Gasteiger partial charge on any atom is -0.351 e. The molecule has 1 atom stereocenters. The molecule has 6 heteroatoms. The van der Waals surface area contributed by atoms with Crippen LogP contribution in [0.3, 0.4) is 0 Å². The van der Waals surface area contributed by atoms with Crippen LogP contribution in [0.2, 0.25) is 0 Å². The molecule has 1 N–H and O–H groups in total. The highest BCUT2D eigenvalue weighted by molar-refractivity contribution is 6.12. The van der Waals surface area contributed by atoms with Gasteiger partial charge in [-0.25, -0.2) is 0 Å². The first-order valence-corrected chi connectivity index (χ1v) is 12.3. The lowest BCUT2D eigenvalue weighted by Gasteiger charge is -2.44. The summed E-state index contributed by atoms with van der Waals surface area (Å²) in [5.74, 6) is -0.268. The average Bonchev–Trinajstić information content (AvgIpc) is 3.00. The first-order valence-electron chi connectivity index (χ1n) is 12.3. The molecule has 4 rings (SSSR count). The van der Waals surface area contributed by atoms with Gasteiger partial charge in [-0.2, -0.15) is 5.10 Å². The van der Waals surface area contributed by atoms with Gasteiger partial charge in [-0.3, -0.25) is 19.2 Å². The Morgan fingerprint density at radius 3 is 2.36 bits per heavy atom. The molecule has 2 heterocycles. The van der Waals surface area contributed by atoms with Gasteiger partial charge in [0.05, 0.1) is 12.2 Å². The quantitative estimate of drug-likeness (QED) is 0.665. The molecule has 1 aromatic heterocycles. The fourth-order valence-electron chi connectivity index (χ4n) is 5.15. The van der Waals surface area contributed by atoms with E-state index in [0.29, 0.717) is 12.2 Å². The van der Waals surface area contributed by atoms with E-state index in [2.05, 4.69) is 32.2 Å². The topological polar surface area (TPSA) is 67.2 Å². The smallest absolute Gasteiger partial charge is 0.277 e. The molecule has 1 fully saturated rings. The molecule has 2 aromatic rings. The fourth-order valence-corrected chi connectivity index (χ4v) is 5.15. The fraction of sp³-hybridized carbons (Fsp3) is 0.593. The van der Waals surface area contributed by atoms with E-state index in [0.717, 1.165) is 48.2 Å². The van der Waals surface area contributed by atoms with Crippen LogP contribution in [0.5, 0.6) is 0 Å². The predicted octanol–water partition coefficient (Wildman–Crippen LogP) is 5.06. The zero-order valence-electron chi connectivity index (χ0n) is 21.0. The van der Waals surface area contributed by atoms with E-state index in [4.69, 9.17) is 5.10 Å². The number of benzene rings is 1. The zero-order chi connectivity index (χ0) is 24.0. The number of carbonyl (C=O) groups is 2. The summed E-state index contributed by atoms with van der Waals surface area (Å²) in [6.45, 7) is 12.5. The van der Waals surface area contributed by atoms with Crippen LogP contribution in [0.4, 0.5) is 5.69 Å². The molecule has 1 aromatic carbocycles. The molecule has 2 aliphatic rings. The monoisotopic (exact) mass is 450 g/mol. The van der Waals surface area contributed by atoms with Crippen LogP contribution >= 0.6 is 0 Å². The van der Waals surface area contributed by atoms with Crippen molar-refractivity contribution in [3.05, 3.63) is 46.8 Å². The zero-order valence-corrected chi connectivity index (χ0v) is 21.0. The first kappa shape index (κ1) is 23.5. The number of rotatable bonds is 3. The lowest BCUT2D eigenvalue weighted by molar-refractivity contribution is -0.127. The second-order valence-corrected chi connectivity index (χ2v) is 11.2. The molecule has 0 bridgehead atoms. The van der Waals surface area contributed by atoms with Crippen LogP contribution in [-0.2, 0) is 16.8 Å². The van der Waals surface area contributed by atoms with Gasteiger partial charge in [0.2, 0.25) is 5.91 Å². The molecule has 0 spiro atoms. The summed E-state index contributed by atoms with van der Waals surface area (Å²) in [5, 5.41) is 8.08. The average molecular weight is 451 g/mol. The van der Waals surface area contributed by atoms with Crippen LogP contribution in [0.15, 0.2) is 24.3 Å². The Labute approximate surface area is 197 Å². The lowest BCUT2D eigenvalue weighted by Crippen LogP contribution is -2.65. The maximum atomic E-state index is 13.9. The van der Waals surface area contributed by atoms with E-state index >= 15 is 0 Å². The number of aryl methyl sites for hydroxylation is 2. The van der Waals surface area contributed by atoms with E-state index in [1.807, 2.05) is 39.0 Å². The summed E-state index contributed by atoms with van der Waals surface area (Å²) >= 11 is 0. The Kier molecular flexibility index (Phi) is 6.14. The van der Waals surface area contributed by atoms with Gasteiger partial charge in [-0.1, -0.05) is 64.2 Å². The van der Waals surface area contributed by atoms with Crippen LogP contribution in [0.1, 0.15) is 93.5 Å². The van der Waals surface area contributed by atoms with Crippen molar-refractivity contribution in [3.63, 3.8) is 0 Å². The number of aromatic nitrogens is 2. The van der Waals surface area contributed by atoms with Crippen molar-refractivity contribution in [2.75, 3.05) is 4.90 Å². The van der Waals surface area contributed by atoms with Gasteiger partial charge in [-0.15, -0.1) is 0 Å². The van der Waals surface area contributed by atoms with Crippen molar-refractivity contribution in [3.8, 4) is 0 Å². The summed E-state index contributed by atoms with van der Waals surface area (Å²) in [7, 11) is 0. The van der Waals surface area contributed by atoms with Crippen molar-refractivity contribution in [1.29, 1.82) is 0 Å². The highest BCUT2D eigenvalue weighted by Gasteiger charge is 2.50. The van der Waals surface area contributed by atoms with Crippen LogP contribution in [0.25, 0.3) is 0 Å². The van der Waals surface area contributed by atoms with Gasteiger partial charge >= 0.3 is 0 Å². The van der Waals surface area contributed by atoms with E-state index < -0.39 is 5.54 Å². The SMILES string of the molecule is Cc1ccc(N2C(=O)c3cc(C(C)(C)C)nn3CC2(C)C(=O)NC2CCCCCC2)c(C)c1. The number of fused-ring (bicyclic) bond motifs is 1. The van der Waals surface area contributed by atoms with Gasteiger partial charge < -0.3 is 5.32 Å². The molecule has 2 amide bonds. The van der Waals surface area contributed by atoms with Gasteiger partial charge in [0.15, 0.2) is 0 Å². The Hall–Kier alpha value is -2.63. The molecule has 1 saturated carbocycles. The molecule has 1 aliphatic carbocycles. The molecular weight excluding hydrogens is 412 g/mol. The normalized spacial score (nSPS) is 22.1. The molecular formula is C27H38N4O2. The Morgan fingerprint density at radius 1 is 1.09 bits per heavy atom. The Balaban J connectivity index is 1.78. The summed E-state index contributed by atoms with van der Waals surface area (Å²) in [5.41, 5.74) is 3.05. The molecule has 0 saturated heterocycles. The number of nitrogens with one attached hydrogen (secondary N) is 1. The third-order valence-electron chi connectivity index (χ3n) is 7.19. The molecule has 6 nitrogen and oxygen atoms in total. The molecule has 178 valence electrons. The second kappa shape index (κ2) is 8.62. The number of nitrogens with zero attached hydrogens (tertiary/aromatic N) is 3. The number of hydrogen-bond acceptors (Lipinski definition) is 3. The third kappa shape index (κ3) is 4.44. The Morgan fingerprint density at radius 2 is 1.76 bits per heavy atom. The standard InChI is InChI=1S/C27H38N4O2/c1-18-13-14-21(19(2)15-18)31-24(32)22-16-23(26(3,4)5)29-30(22)17-27(31,6)25(33)28-20-11-9-7-8-10-12-20/h13-16,20H,7-12,17H2,1-6H3,(H,28,33). The van der Waals surface area contributed by atoms with E-state index in [1.54, 1.807) is 9.58 Å². The van der Waals surface area contributed by atoms with Crippen LogP contribution in [0, 0.1) is 13.8 Å². The lowest BCUT2D eigenvalue weighted by atomic mass is 9.90. The van der Waals surface area contributed by atoms with E-state index in [-0.39, 0.29) is 23.3 Å². The molecule has 33 heavy (non-hydrogen) atoms. The molecule has 1 unspecified atom stereocenters. The van der Waals surface area contributed by atoms with Crippen molar-refractivity contribution >= 4 is 17.5 Å². The maximum Gasteiger partial charge on any atom is 0.277 e. The van der Waals surface area contributed by atoms with Crippen molar-refractivity contribution in [1.82, 2.24) is 15.1 Å².